The molecule has 5 rings (SSSR count). The van der Waals surface area contributed by atoms with E-state index in [0.29, 0.717) is 29.5 Å². The van der Waals surface area contributed by atoms with Crippen molar-refractivity contribution in [3.05, 3.63) is 65.2 Å². The molecule has 3 aliphatic rings. The van der Waals surface area contributed by atoms with Crippen molar-refractivity contribution in [1.29, 1.82) is 0 Å². The van der Waals surface area contributed by atoms with E-state index >= 15 is 0 Å². The van der Waals surface area contributed by atoms with Crippen LogP contribution in [0.5, 0.6) is 0 Å². The Morgan fingerprint density at radius 1 is 1.38 bits per heavy atom. The van der Waals surface area contributed by atoms with Crippen LogP contribution in [-0.2, 0) is 11.3 Å². The predicted molar refractivity (Wildman–Crippen MR) is 107 cm³/mol. The fourth-order valence-electron chi connectivity index (χ4n) is 5.59. The molecule has 1 N–H and O–H groups in total. The van der Waals surface area contributed by atoms with Crippen LogP contribution in [0.4, 0.5) is 4.39 Å². The van der Waals surface area contributed by atoms with Gasteiger partial charge in [0.05, 0.1) is 11.7 Å². The minimum Gasteiger partial charge on any atom is -0.370 e. The van der Waals surface area contributed by atoms with Crippen LogP contribution in [0.2, 0.25) is 0 Å². The third-order valence-corrected chi connectivity index (χ3v) is 6.99. The molecule has 4 heterocycles. The first kappa shape index (κ1) is 18.7. The second-order valence-corrected chi connectivity index (χ2v) is 8.68. The van der Waals surface area contributed by atoms with Crippen molar-refractivity contribution in [2.75, 3.05) is 19.6 Å². The van der Waals surface area contributed by atoms with Gasteiger partial charge in [0.1, 0.15) is 5.82 Å². The molecule has 0 aliphatic carbocycles. The highest BCUT2D eigenvalue weighted by molar-refractivity contribution is 5.95. The lowest BCUT2D eigenvalue weighted by atomic mass is 9.73. The highest BCUT2D eigenvalue weighted by Crippen LogP contribution is 2.54. The zero-order chi connectivity index (χ0) is 20.0. The predicted octanol–water partition coefficient (Wildman–Crippen LogP) is 2.94. The fourth-order valence-corrected chi connectivity index (χ4v) is 5.59. The monoisotopic (exact) mass is 395 g/mol. The van der Waals surface area contributed by atoms with E-state index in [1.165, 1.54) is 11.6 Å². The second-order valence-electron chi connectivity index (χ2n) is 8.68. The lowest BCUT2D eigenvalue weighted by Crippen LogP contribution is -2.42. The van der Waals surface area contributed by atoms with E-state index in [0.717, 1.165) is 32.5 Å². The SMILES string of the molecule is Cc1c(F)cccc1C(=O)NC[C@H]1[C@H]2CN(Cc3cccnc3)C[C@]23CC[C@H]1O3. The standard InChI is InChI=1S/C23H26FN3O2/c1-15-17(5-2-6-20(15)24)22(28)26-11-18-19-13-27(12-16-4-3-9-25-10-16)14-23(19)8-7-21(18)29-23/h2-6,9-10,18-19,21H,7-8,11-14H2,1H3,(H,26,28)/t18-,19+,21+,23+/m0/s1. The van der Waals surface area contributed by atoms with Gasteiger partial charge in [-0.15, -0.1) is 0 Å². The highest BCUT2D eigenvalue weighted by atomic mass is 19.1. The fraction of sp³-hybridized carbons (Fsp3) is 0.478. The Morgan fingerprint density at radius 3 is 3.10 bits per heavy atom. The maximum Gasteiger partial charge on any atom is 0.251 e. The summed E-state index contributed by atoms with van der Waals surface area (Å²) >= 11 is 0. The number of amides is 1. The molecular formula is C23H26FN3O2. The number of aromatic nitrogens is 1. The number of likely N-dealkylation sites (tertiary alicyclic amines) is 1. The summed E-state index contributed by atoms with van der Waals surface area (Å²) in [7, 11) is 0. The molecule has 1 spiro atoms. The van der Waals surface area contributed by atoms with Gasteiger partial charge in [-0.25, -0.2) is 4.39 Å². The zero-order valence-corrected chi connectivity index (χ0v) is 16.6. The Kier molecular flexibility index (Phi) is 4.63. The highest BCUT2D eigenvalue weighted by Gasteiger charge is 2.62. The van der Waals surface area contributed by atoms with Crippen molar-refractivity contribution in [1.82, 2.24) is 15.2 Å². The van der Waals surface area contributed by atoms with Crippen LogP contribution in [0.1, 0.15) is 34.3 Å². The molecule has 152 valence electrons. The molecule has 1 aromatic carbocycles. The van der Waals surface area contributed by atoms with Crippen molar-refractivity contribution in [2.45, 2.75) is 38.0 Å². The topological polar surface area (TPSA) is 54.5 Å². The van der Waals surface area contributed by atoms with Crippen molar-refractivity contribution < 1.29 is 13.9 Å². The molecular weight excluding hydrogens is 369 g/mol. The molecule has 2 aromatic rings. The number of carbonyl (C=O) groups is 1. The Balaban J connectivity index is 1.26. The first-order valence-corrected chi connectivity index (χ1v) is 10.4. The van der Waals surface area contributed by atoms with Crippen LogP contribution >= 0.6 is 0 Å². The van der Waals surface area contributed by atoms with E-state index in [1.54, 1.807) is 25.3 Å². The summed E-state index contributed by atoms with van der Waals surface area (Å²) < 4.78 is 20.3. The molecule has 3 fully saturated rings. The van der Waals surface area contributed by atoms with E-state index in [9.17, 15) is 9.18 Å². The van der Waals surface area contributed by atoms with Crippen LogP contribution in [0, 0.1) is 24.6 Å². The van der Waals surface area contributed by atoms with Gasteiger partial charge in [0.2, 0.25) is 0 Å². The second kappa shape index (κ2) is 7.18. The molecule has 6 heteroatoms. The molecule has 2 bridgehead atoms. The van der Waals surface area contributed by atoms with Crippen LogP contribution in [0.25, 0.3) is 0 Å². The quantitative estimate of drug-likeness (QED) is 0.846. The Bertz CT molecular complexity index is 922. The normalized spacial score (nSPS) is 30.5. The summed E-state index contributed by atoms with van der Waals surface area (Å²) in [4.78, 5) is 19.3. The van der Waals surface area contributed by atoms with E-state index in [2.05, 4.69) is 21.3 Å². The van der Waals surface area contributed by atoms with Crippen molar-refractivity contribution >= 4 is 5.91 Å². The Hall–Kier alpha value is -2.31. The molecule has 0 saturated carbocycles. The van der Waals surface area contributed by atoms with Gasteiger partial charge in [0.25, 0.3) is 5.91 Å². The van der Waals surface area contributed by atoms with E-state index < -0.39 is 0 Å². The number of benzene rings is 1. The van der Waals surface area contributed by atoms with Gasteiger partial charge >= 0.3 is 0 Å². The summed E-state index contributed by atoms with van der Waals surface area (Å²) in [6.07, 6.45) is 6.08. The van der Waals surface area contributed by atoms with Gasteiger partial charge in [-0.3, -0.25) is 14.7 Å². The van der Waals surface area contributed by atoms with E-state index in [1.807, 2.05) is 12.3 Å². The first-order chi connectivity index (χ1) is 14.1. The third-order valence-electron chi connectivity index (χ3n) is 6.99. The van der Waals surface area contributed by atoms with Crippen LogP contribution in [0.3, 0.4) is 0 Å². The van der Waals surface area contributed by atoms with Crippen molar-refractivity contribution in [3.63, 3.8) is 0 Å². The number of hydrogen-bond donors (Lipinski definition) is 1. The minimum absolute atomic E-state index is 0.0724. The summed E-state index contributed by atoms with van der Waals surface area (Å²) in [5.74, 6) is 0.179. The number of fused-ring (bicyclic) bond motifs is 1. The largest absolute Gasteiger partial charge is 0.370 e. The number of hydrogen-bond acceptors (Lipinski definition) is 4. The van der Waals surface area contributed by atoms with Gasteiger partial charge in [-0.2, -0.15) is 0 Å². The minimum atomic E-state index is -0.346. The number of halogens is 1. The summed E-state index contributed by atoms with van der Waals surface area (Å²) in [5.41, 5.74) is 1.95. The molecule has 0 radical (unpaired) electrons. The van der Waals surface area contributed by atoms with Crippen molar-refractivity contribution in [2.24, 2.45) is 11.8 Å². The molecule has 1 aromatic heterocycles. The summed E-state index contributed by atoms with van der Waals surface area (Å²) in [5, 5.41) is 3.05. The molecule has 0 unspecified atom stereocenters. The van der Waals surface area contributed by atoms with Gasteiger partial charge < -0.3 is 10.1 Å². The molecule has 4 atom stereocenters. The molecule has 3 aliphatic heterocycles. The van der Waals surface area contributed by atoms with Gasteiger partial charge in [-0.05, 0) is 49.1 Å². The molecule has 3 saturated heterocycles. The van der Waals surface area contributed by atoms with Crippen LogP contribution < -0.4 is 5.32 Å². The summed E-state index contributed by atoms with van der Waals surface area (Å²) in [6, 6.07) is 8.72. The van der Waals surface area contributed by atoms with Crippen LogP contribution in [-0.4, -0.2) is 47.1 Å². The number of nitrogens with zero attached hydrogens (tertiary/aromatic N) is 2. The number of nitrogens with one attached hydrogen (secondary N) is 1. The number of rotatable bonds is 5. The number of pyridine rings is 1. The molecule has 1 amide bonds. The Morgan fingerprint density at radius 2 is 2.28 bits per heavy atom. The lowest BCUT2D eigenvalue weighted by molar-refractivity contribution is 0.00211. The van der Waals surface area contributed by atoms with Crippen molar-refractivity contribution in [3.8, 4) is 0 Å². The number of carbonyl (C=O) groups excluding carboxylic acids is 1. The first-order valence-electron chi connectivity index (χ1n) is 10.4. The number of ether oxygens (including phenoxy) is 1. The maximum absolute atomic E-state index is 13.8. The third kappa shape index (κ3) is 3.24. The molecule has 29 heavy (non-hydrogen) atoms. The van der Waals surface area contributed by atoms with Gasteiger partial charge in [0, 0.05) is 56.0 Å². The van der Waals surface area contributed by atoms with E-state index in [-0.39, 0.29) is 23.4 Å². The lowest BCUT2D eigenvalue weighted by Gasteiger charge is -2.29. The average molecular weight is 395 g/mol. The van der Waals surface area contributed by atoms with Crippen LogP contribution in [0.15, 0.2) is 42.7 Å². The Labute approximate surface area is 170 Å². The molecule has 5 nitrogen and oxygen atoms in total. The van der Waals surface area contributed by atoms with Gasteiger partial charge in [-0.1, -0.05) is 12.1 Å². The van der Waals surface area contributed by atoms with E-state index in [4.69, 9.17) is 4.74 Å². The smallest absolute Gasteiger partial charge is 0.251 e. The zero-order valence-electron chi connectivity index (χ0n) is 16.6. The van der Waals surface area contributed by atoms with Gasteiger partial charge in [0.15, 0.2) is 0 Å². The maximum atomic E-state index is 13.8. The average Bonchev–Trinajstić information content (AvgIpc) is 3.37. The summed E-state index contributed by atoms with van der Waals surface area (Å²) in [6.45, 7) is 5.02.